The first-order valence-electron chi connectivity index (χ1n) is 4.18. The molecule has 0 radical (unpaired) electrons. The van der Waals surface area contributed by atoms with E-state index in [4.69, 9.17) is 5.21 Å². The molecule has 1 aliphatic rings. The topological polar surface area (TPSA) is 32.6 Å². The monoisotopic (exact) mass is 165 g/mol. The summed E-state index contributed by atoms with van der Waals surface area (Å²) in [5.74, 6) is 0.458. The molecule has 0 heterocycles. The van der Waals surface area contributed by atoms with E-state index in [1.165, 1.54) is 5.57 Å². The van der Waals surface area contributed by atoms with E-state index in [9.17, 15) is 0 Å². The largest absolute Gasteiger partial charge is 0.411 e. The van der Waals surface area contributed by atoms with Gasteiger partial charge in [0.05, 0.1) is 5.71 Å². The first-order chi connectivity index (χ1) is 5.65. The van der Waals surface area contributed by atoms with Crippen LogP contribution in [0.2, 0.25) is 0 Å². The molecule has 1 rings (SSSR count). The highest BCUT2D eigenvalue weighted by Gasteiger charge is 2.18. The Labute approximate surface area is 73.3 Å². The third-order valence-electron chi connectivity index (χ3n) is 2.42. The van der Waals surface area contributed by atoms with Crippen LogP contribution in [-0.2, 0) is 0 Å². The minimum absolute atomic E-state index is 0.458. The fourth-order valence-corrected chi connectivity index (χ4v) is 1.41. The second kappa shape index (κ2) is 3.57. The summed E-state index contributed by atoms with van der Waals surface area (Å²) in [6, 6.07) is 0. The molecule has 1 aliphatic carbocycles. The highest BCUT2D eigenvalue weighted by atomic mass is 16.4. The summed E-state index contributed by atoms with van der Waals surface area (Å²) in [6.07, 6.45) is 3.96. The van der Waals surface area contributed by atoms with Crippen LogP contribution in [0.25, 0.3) is 0 Å². The van der Waals surface area contributed by atoms with Crippen molar-refractivity contribution in [1.29, 1.82) is 0 Å². The maximum Gasteiger partial charge on any atom is 0.0827 e. The molecule has 0 saturated heterocycles. The third kappa shape index (κ3) is 1.76. The Hall–Kier alpha value is -1.05. The molecule has 0 aromatic carbocycles. The van der Waals surface area contributed by atoms with Crippen LogP contribution in [-0.4, -0.2) is 10.9 Å². The molecule has 2 nitrogen and oxygen atoms in total. The molecule has 0 amide bonds. The van der Waals surface area contributed by atoms with E-state index in [1.807, 2.05) is 13.8 Å². The Balaban J connectivity index is 2.78. The van der Waals surface area contributed by atoms with Crippen molar-refractivity contribution < 1.29 is 5.21 Å². The van der Waals surface area contributed by atoms with Crippen molar-refractivity contribution in [3.8, 4) is 0 Å². The van der Waals surface area contributed by atoms with Crippen molar-refractivity contribution >= 4 is 5.71 Å². The number of oxime groups is 1. The zero-order valence-corrected chi connectivity index (χ0v) is 7.67. The smallest absolute Gasteiger partial charge is 0.0827 e. The Kier molecular flexibility index (Phi) is 2.69. The van der Waals surface area contributed by atoms with E-state index in [0.717, 1.165) is 24.1 Å². The molecule has 1 atom stereocenters. The molecular weight excluding hydrogens is 150 g/mol. The van der Waals surface area contributed by atoms with Gasteiger partial charge in [0.15, 0.2) is 0 Å². The van der Waals surface area contributed by atoms with Gasteiger partial charge in [-0.15, -0.1) is 0 Å². The fourth-order valence-electron chi connectivity index (χ4n) is 1.41. The van der Waals surface area contributed by atoms with E-state index in [2.05, 4.69) is 17.8 Å². The lowest BCUT2D eigenvalue weighted by Gasteiger charge is -2.21. The van der Waals surface area contributed by atoms with Gasteiger partial charge in [-0.05, 0) is 31.8 Å². The van der Waals surface area contributed by atoms with Crippen LogP contribution in [0.3, 0.4) is 0 Å². The molecular formula is C10H15NO. The van der Waals surface area contributed by atoms with Crippen molar-refractivity contribution in [2.75, 3.05) is 0 Å². The summed E-state index contributed by atoms with van der Waals surface area (Å²) in [4.78, 5) is 0. The molecule has 0 aliphatic heterocycles. The van der Waals surface area contributed by atoms with Gasteiger partial charge in [0, 0.05) is 6.42 Å². The standard InChI is InChI=1S/C10H15NO/c1-7(2)9-5-4-8(3)10(6-9)11-12/h4,9,12H,1,5-6H2,2-3H3/b11-10-. The first-order valence-corrected chi connectivity index (χ1v) is 4.18. The van der Waals surface area contributed by atoms with Gasteiger partial charge in [-0.3, -0.25) is 0 Å². The third-order valence-corrected chi connectivity index (χ3v) is 2.42. The van der Waals surface area contributed by atoms with Crippen LogP contribution in [0.1, 0.15) is 26.7 Å². The molecule has 1 unspecified atom stereocenters. The summed E-state index contributed by atoms with van der Waals surface area (Å²) < 4.78 is 0. The Bertz CT molecular complexity index is 251. The minimum atomic E-state index is 0.458. The number of rotatable bonds is 1. The van der Waals surface area contributed by atoms with E-state index < -0.39 is 0 Å². The predicted molar refractivity (Wildman–Crippen MR) is 50.5 cm³/mol. The summed E-state index contributed by atoms with van der Waals surface area (Å²) in [7, 11) is 0. The van der Waals surface area contributed by atoms with Gasteiger partial charge in [0.1, 0.15) is 0 Å². The Morgan fingerprint density at radius 2 is 2.42 bits per heavy atom. The maximum atomic E-state index is 8.68. The van der Waals surface area contributed by atoms with Crippen LogP contribution in [0.5, 0.6) is 0 Å². The molecule has 1 N–H and O–H groups in total. The van der Waals surface area contributed by atoms with Crippen LogP contribution < -0.4 is 0 Å². The van der Waals surface area contributed by atoms with Gasteiger partial charge in [0.2, 0.25) is 0 Å². The lowest BCUT2D eigenvalue weighted by atomic mass is 9.85. The van der Waals surface area contributed by atoms with Gasteiger partial charge < -0.3 is 5.21 Å². The Morgan fingerprint density at radius 3 is 2.92 bits per heavy atom. The molecule has 0 aromatic heterocycles. The Morgan fingerprint density at radius 1 is 1.75 bits per heavy atom. The van der Waals surface area contributed by atoms with E-state index in [0.29, 0.717) is 5.92 Å². The fraction of sp³-hybridized carbons (Fsp3) is 0.500. The average molecular weight is 165 g/mol. The molecule has 0 bridgehead atoms. The van der Waals surface area contributed by atoms with E-state index in [-0.39, 0.29) is 0 Å². The molecule has 66 valence electrons. The number of hydrogen-bond donors (Lipinski definition) is 1. The summed E-state index contributed by atoms with van der Waals surface area (Å²) in [6.45, 7) is 7.90. The minimum Gasteiger partial charge on any atom is -0.411 e. The predicted octanol–water partition coefficient (Wildman–Crippen LogP) is 2.75. The second-order valence-electron chi connectivity index (χ2n) is 3.42. The lowest BCUT2D eigenvalue weighted by molar-refractivity contribution is 0.316. The van der Waals surface area contributed by atoms with Gasteiger partial charge in [-0.1, -0.05) is 23.4 Å². The number of nitrogens with zero attached hydrogens (tertiary/aromatic N) is 1. The zero-order valence-electron chi connectivity index (χ0n) is 7.67. The normalized spacial score (nSPS) is 27.0. The highest BCUT2D eigenvalue weighted by Crippen LogP contribution is 2.26. The van der Waals surface area contributed by atoms with E-state index >= 15 is 0 Å². The van der Waals surface area contributed by atoms with Gasteiger partial charge in [0.25, 0.3) is 0 Å². The van der Waals surface area contributed by atoms with Crippen LogP contribution in [0, 0.1) is 5.92 Å². The summed E-state index contributed by atoms with van der Waals surface area (Å²) in [5, 5.41) is 11.9. The van der Waals surface area contributed by atoms with Crippen LogP contribution >= 0.6 is 0 Å². The van der Waals surface area contributed by atoms with Crippen molar-refractivity contribution in [2.45, 2.75) is 26.7 Å². The van der Waals surface area contributed by atoms with Crippen LogP contribution in [0.4, 0.5) is 0 Å². The molecule has 0 spiro atoms. The second-order valence-corrected chi connectivity index (χ2v) is 3.42. The average Bonchev–Trinajstić information content (AvgIpc) is 2.05. The zero-order chi connectivity index (χ0) is 9.14. The molecule has 0 saturated carbocycles. The van der Waals surface area contributed by atoms with Gasteiger partial charge in [-0.2, -0.15) is 0 Å². The van der Waals surface area contributed by atoms with Crippen molar-refractivity contribution in [2.24, 2.45) is 11.1 Å². The van der Waals surface area contributed by atoms with Gasteiger partial charge >= 0.3 is 0 Å². The lowest BCUT2D eigenvalue weighted by Crippen LogP contribution is -2.15. The number of hydrogen-bond acceptors (Lipinski definition) is 2. The highest BCUT2D eigenvalue weighted by molar-refractivity contribution is 6.00. The van der Waals surface area contributed by atoms with Crippen LogP contribution in [0.15, 0.2) is 29.0 Å². The maximum absolute atomic E-state index is 8.68. The molecule has 0 fully saturated rings. The van der Waals surface area contributed by atoms with E-state index in [1.54, 1.807) is 0 Å². The summed E-state index contributed by atoms with van der Waals surface area (Å²) in [5.41, 5.74) is 3.06. The summed E-state index contributed by atoms with van der Waals surface area (Å²) >= 11 is 0. The van der Waals surface area contributed by atoms with Crippen molar-refractivity contribution in [3.63, 3.8) is 0 Å². The first kappa shape index (κ1) is 9.04. The molecule has 2 heteroatoms. The van der Waals surface area contributed by atoms with Crippen molar-refractivity contribution in [3.05, 3.63) is 23.8 Å². The van der Waals surface area contributed by atoms with Gasteiger partial charge in [-0.25, -0.2) is 0 Å². The molecule has 0 aromatic rings. The van der Waals surface area contributed by atoms with Crippen molar-refractivity contribution in [1.82, 2.24) is 0 Å². The quantitative estimate of drug-likeness (QED) is 0.361. The molecule has 12 heavy (non-hydrogen) atoms. The number of allylic oxidation sites excluding steroid dienone is 3. The SMILES string of the molecule is C=C(C)C1CC=C(C)/C(=N\O)C1.